The van der Waals surface area contributed by atoms with Gasteiger partial charge in [0.05, 0.1) is 12.4 Å². The maximum absolute atomic E-state index is 13.4. The van der Waals surface area contributed by atoms with E-state index in [2.05, 4.69) is 5.32 Å². The molecule has 1 unspecified atom stereocenters. The molecule has 0 aliphatic rings. The minimum absolute atomic E-state index is 0. The maximum Gasteiger partial charge on any atom is 1.00 e. The van der Waals surface area contributed by atoms with Crippen molar-refractivity contribution in [3.8, 4) is 0 Å². The summed E-state index contributed by atoms with van der Waals surface area (Å²) in [6.07, 6.45) is 0.722. The standard InChI is InChI=1S/C14H18FNO3.Na/c1-2-3-4-11(15)9-13(17)16-12-7-5-10(6-8-12)14(18)19;/h5-8,11H,2-4,9H2,1H3,(H,16,17)(H,18,19);/q;+1/p-1. The molecule has 1 amide bonds. The predicted octanol–water partition coefficient (Wildman–Crippen LogP) is -1.09. The zero-order chi connectivity index (χ0) is 14.3. The number of unbranched alkanes of at least 4 members (excludes halogenated alkanes) is 1. The topological polar surface area (TPSA) is 69.2 Å². The molecule has 0 aliphatic heterocycles. The number of alkyl halides is 1. The summed E-state index contributed by atoms with van der Waals surface area (Å²) < 4.78 is 13.4. The number of halogens is 1. The molecule has 104 valence electrons. The SMILES string of the molecule is CCCCC(F)CC(=O)Nc1ccc(C(=O)[O-])cc1.[Na+]. The molecule has 0 radical (unpaired) electrons. The van der Waals surface area contributed by atoms with Crippen molar-refractivity contribution in [1.29, 1.82) is 0 Å². The number of hydrogen-bond donors (Lipinski definition) is 1. The van der Waals surface area contributed by atoms with E-state index in [-0.39, 0.29) is 41.5 Å². The Kier molecular flexibility index (Phi) is 9.46. The zero-order valence-corrected chi connectivity index (χ0v) is 13.8. The van der Waals surface area contributed by atoms with Gasteiger partial charge in [-0.05, 0) is 24.1 Å². The molecule has 1 aromatic rings. The first-order valence-electron chi connectivity index (χ1n) is 6.28. The van der Waals surface area contributed by atoms with Crippen molar-refractivity contribution in [3.63, 3.8) is 0 Å². The Labute approximate surface area is 140 Å². The van der Waals surface area contributed by atoms with Crippen LogP contribution < -0.4 is 40.0 Å². The third-order valence-corrected chi connectivity index (χ3v) is 2.68. The Balaban J connectivity index is 0.00000361. The molecular weight excluding hydrogens is 272 g/mol. The van der Waals surface area contributed by atoms with Crippen LogP contribution in [0.25, 0.3) is 0 Å². The van der Waals surface area contributed by atoms with Gasteiger partial charge in [0.15, 0.2) is 0 Å². The fourth-order valence-corrected chi connectivity index (χ4v) is 1.63. The van der Waals surface area contributed by atoms with Crippen molar-refractivity contribution in [2.45, 2.75) is 38.8 Å². The van der Waals surface area contributed by atoms with Crippen molar-refractivity contribution in [3.05, 3.63) is 29.8 Å². The van der Waals surface area contributed by atoms with Gasteiger partial charge in [0.2, 0.25) is 5.91 Å². The van der Waals surface area contributed by atoms with Gasteiger partial charge in [-0.2, -0.15) is 0 Å². The quantitative estimate of drug-likeness (QED) is 0.649. The summed E-state index contributed by atoms with van der Waals surface area (Å²) in [7, 11) is 0. The van der Waals surface area contributed by atoms with Gasteiger partial charge < -0.3 is 15.2 Å². The molecule has 0 aliphatic carbocycles. The second kappa shape index (κ2) is 9.91. The van der Waals surface area contributed by atoms with Crippen LogP contribution in [0.3, 0.4) is 0 Å². The van der Waals surface area contributed by atoms with Gasteiger partial charge in [0.25, 0.3) is 0 Å². The van der Waals surface area contributed by atoms with Crippen LogP contribution in [-0.4, -0.2) is 18.0 Å². The van der Waals surface area contributed by atoms with Gasteiger partial charge in [-0.3, -0.25) is 4.79 Å². The molecule has 1 atom stereocenters. The average Bonchev–Trinajstić information content (AvgIpc) is 2.36. The molecule has 4 nitrogen and oxygen atoms in total. The minimum atomic E-state index is -1.28. The van der Waals surface area contributed by atoms with Gasteiger partial charge in [-0.25, -0.2) is 4.39 Å². The van der Waals surface area contributed by atoms with E-state index < -0.39 is 18.0 Å². The normalized spacial score (nSPS) is 11.3. The maximum atomic E-state index is 13.4. The summed E-state index contributed by atoms with van der Waals surface area (Å²) >= 11 is 0. The van der Waals surface area contributed by atoms with Gasteiger partial charge in [-0.1, -0.05) is 31.9 Å². The number of nitrogens with one attached hydrogen (secondary N) is 1. The number of rotatable bonds is 7. The summed E-state index contributed by atoms with van der Waals surface area (Å²) in [5.41, 5.74) is 0.474. The molecule has 0 aromatic heterocycles. The molecule has 0 heterocycles. The van der Waals surface area contributed by atoms with E-state index in [0.717, 1.165) is 12.8 Å². The molecule has 20 heavy (non-hydrogen) atoms. The van der Waals surface area contributed by atoms with Gasteiger partial charge in [0.1, 0.15) is 6.17 Å². The van der Waals surface area contributed by atoms with E-state index in [1.807, 2.05) is 6.92 Å². The van der Waals surface area contributed by atoms with Gasteiger partial charge in [-0.15, -0.1) is 0 Å². The van der Waals surface area contributed by atoms with Crippen LogP contribution in [0.15, 0.2) is 24.3 Å². The monoisotopic (exact) mass is 289 g/mol. The molecule has 1 aromatic carbocycles. The zero-order valence-electron chi connectivity index (χ0n) is 11.8. The van der Waals surface area contributed by atoms with Crippen LogP contribution in [0, 0.1) is 0 Å². The molecule has 0 saturated heterocycles. The van der Waals surface area contributed by atoms with E-state index >= 15 is 0 Å². The number of carbonyl (C=O) groups excluding carboxylic acids is 2. The Morgan fingerprint density at radius 1 is 1.30 bits per heavy atom. The number of anilines is 1. The molecule has 0 saturated carbocycles. The van der Waals surface area contributed by atoms with E-state index in [1.54, 1.807) is 0 Å². The van der Waals surface area contributed by atoms with Crippen LogP contribution in [0.2, 0.25) is 0 Å². The van der Waals surface area contributed by atoms with Gasteiger partial charge >= 0.3 is 29.6 Å². The third kappa shape index (κ3) is 7.03. The Morgan fingerprint density at radius 2 is 1.90 bits per heavy atom. The second-order valence-electron chi connectivity index (χ2n) is 4.36. The molecule has 6 heteroatoms. The number of carboxylic acid groups (broad SMARTS) is 1. The summed E-state index contributed by atoms with van der Waals surface area (Å²) in [5.74, 6) is -1.69. The number of amides is 1. The minimum Gasteiger partial charge on any atom is -0.545 e. The van der Waals surface area contributed by atoms with Crippen molar-refractivity contribution >= 4 is 17.6 Å². The Hall–Kier alpha value is -0.910. The van der Waals surface area contributed by atoms with Crippen molar-refractivity contribution < 1.29 is 48.6 Å². The molecule has 0 fully saturated rings. The Morgan fingerprint density at radius 3 is 2.40 bits per heavy atom. The van der Waals surface area contributed by atoms with E-state index in [9.17, 15) is 19.1 Å². The number of carbonyl (C=O) groups is 2. The number of benzene rings is 1. The smallest absolute Gasteiger partial charge is 0.545 e. The molecule has 1 rings (SSSR count). The molecule has 0 spiro atoms. The van der Waals surface area contributed by atoms with Crippen molar-refractivity contribution in [2.75, 3.05) is 5.32 Å². The number of aromatic carboxylic acids is 1. The number of hydrogen-bond acceptors (Lipinski definition) is 3. The predicted molar refractivity (Wildman–Crippen MR) is 68.4 cm³/mol. The summed E-state index contributed by atoms with van der Waals surface area (Å²) in [5, 5.41) is 13.1. The summed E-state index contributed by atoms with van der Waals surface area (Å²) in [4.78, 5) is 22.1. The first-order chi connectivity index (χ1) is 9.02. The van der Waals surface area contributed by atoms with Gasteiger partial charge in [0, 0.05) is 5.69 Å². The van der Waals surface area contributed by atoms with Crippen LogP contribution in [0.5, 0.6) is 0 Å². The van der Waals surface area contributed by atoms with Crippen LogP contribution in [-0.2, 0) is 4.79 Å². The largest absolute Gasteiger partial charge is 1.00 e. The Bertz CT molecular complexity index is 437. The molecule has 0 bridgehead atoms. The van der Waals surface area contributed by atoms with Crippen LogP contribution in [0.4, 0.5) is 10.1 Å². The second-order valence-corrected chi connectivity index (χ2v) is 4.36. The summed E-state index contributed by atoms with van der Waals surface area (Å²) in [6.45, 7) is 1.96. The van der Waals surface area contributed by atoms with Crippen LogP contribution in [0.1, 0.15) is 43.0 Å². The first-order valence-corrected chi connectivity index (χ1v) is 6.28. The fourth-order valence-electron chi connectivity index (χ4n) is 1.63. The van der Waals surface area contributed by atoms with Crippen molar-refractivity contribution in [1.82, 2.24) is 0 Å². The van der Waals surface area contributed by atoms with Crippen molar-refractivity contribution in [2.24, 2.45) is 0 Å². The van der Waals surface area contributed by atoms with E-state index in [0.29, 0.717) is 12.1 Å². The molecule has 1 N–H and O–H groups in total. The average molecular weight is 289 g/mol. The van der Waals surface area contributed by atoms with E-state index in [4.69, 9.17) is 0 Å². The molecular formula is C14H17FNNaO3. The summed E-state index contributed by atoms with van der Waals surface area (Å²) in [6, 6.07) is 5.55. The first kappa shape index (κ1) is 19.1. The van der Waals surface area contributed by atoms with Crippen LogP contribution >= 0.6 is 0 Å². The number of carboxylic acids is 1. The van der Waals surface area contributed by atoms with E-state index in [1.165, 1.54) is 24.3 Å². The third-order valence-electron chi connectivity index (χ3n) is 2.68. The fraction of sp³-hybridized carbons (Fsp3) is 0.429.